The van der Waals surface area contributed by atoms with Crippen molar-refractivity contribution < 1.29 is 10.0 Å². The molecule has 0 unspecified atom stereocenters. The maximum atomic E-state index is 7.61. The molecule has 4 heteroatoms. The van der Waals surface area contributed by atoms with Gasteiger partial charge in [0.25, 0.3) is 0 Å². The first-order valence-electron chi connectivity index (χ1n) is 4.08. The Kier molecular flexibility index (Phi) is 3.55. The highest BCUT2D eigenvalue weighted by Gasteiger charge is 1.86. The van der Waals surface area contributed by atoms with E-state index >= 15 is 0 Å². The minimum Gasteiger partial charge on any atom is -0.427 e. The third-order valence-corrected chi connectivity index (χ3v) is 1.46. The second-order valence-corrected chi connectivity index (χ2v) is 2.70. The molecule has 68 valence electrons. The van der Waals surface area contributed by atoms with Gasteiger partial charge in [-0.2, -0.15) is 0 Å². The fourth-order valence-corrected chi connectivity index (χ4v) is 0.995. The summed E-state index contributed by atoms with van der Waals surface area (Å²) in [6.07, 6.45) is 1.95. The fourth-order valence-electron chi connectivity index (χ4n) is 0.995. The van der Waals surface area contributed by atoms with Crippen LogP contribution < -0.4 is 0 Å². The lowest BCUT2D eigenvalue weighted by atomic mass is 9.99. The molecule has 2 rings (SSSR count). The molecule has 1 aromatic carbocycles. The lowest BCUT2D eigenvalue weighted by Gasteiger charge is -1.83. The molecule has 0 aliphatic heterocycles. The molecule has 0 amide bonds. The van der Waals surface area contributed by atoms with E-state index in [0.717, 1.165) is 0 Å². The number of nitrogens with one attached hydrogen (secondary N) is 1. The van der Waals surface area contributed by atoms with Crippen LogP contribution >= 0.6 is 0 Å². The Morgan fingerprint density at radius 2 is 1.77 bits per heavy atom. The highest BCUT2D eigenvalue weighted by atomic mass is 16.4. The number of hydrogen-bond acceptors (Lipinski definition) is 2. The van der Waals surface area contributed by atoms with Gasteiger partial charge in [-0.1, -0.05) is 18.2 Å². The van der Waals surface area contributed by atoms with Crippen LogP contribution in [0.1, 0.15) is 0 Å². The zero-order valence-electron chi connectivity index (χ0n) is 7.44. The zero-order chi connectivity index (χ0) is 9.68. The zero-order valence-corrected chi connectivity index (χ0v) is 7.44. The number of aromatic nitrogens is 1. The minimum atomic E-state index is -1.17. The summed E-state index contributed by atoms with van der Waals surface area (Å²) in [6.45, 7) is 1.28. The first-order valence-corrected chi connectivity index (χ1v) is 4.08. The van der Waals surface area contributed by atoms with E-state index in [-0.39, 0.29) is 0 Å². The lowest BCUT2D eigenvalue weighted by molar-refractivity contribution is 0.417. The van der Waals surface area contributed by atoms with Gasteiger partial charge in [-0.3, -0.25) is 0 Å². The van der Waals surface area contributed by atoms with Gasteiger partial charge in [-0.25, -0.2) is 0 Å². The number of hydrogen-bond donors (Lipinski definition) is 3. The van der Waals surface area contributed by atoms with Gasteiger partial charge in [-0.05, 0) is 24.3 Å². The van der Waals surface area contributed by atoms with Crippen LogP contribution in [0.15, 0.2) is 36.5 Å². The molecule has 0 saturated heterocycles. The standard InChI is InChI=1S/C8H7N.CH5BO2/c1-2-4-8-7(3-1)5-6-9-8;1-2(3)4/h1-6,9H;3-4H,1H3. The highest BCUT2D eigenvalue weighted by Crippen LogP contribution is 2.09. The van der Waals surface area contributed by atoms with Crippen LogP contribution in [0, 0.1) is 0 Å². The molecule has 1 aromatic heterocycles. The average molecular weight is 177 g/mol. The summed E-state index contributed by atoms with van der Waals surface area (Å²) >= 11 is 0. The topological polar surface area (TPSA) is 56.2 Å². The van der Waals surface area contributed by atoms with E-state index in [4.69, 9.17) is 10.0 Å². The normalized spacial score (nSPS) is 9.15. The number of aromatic amines is 1. The molecule has 3 N–H and O–H groups in total. The van der Waals surface area contributed by atoms with Gasteiger partial charge >= 0.3 is 7.12 Å². The highest BCUT2D eigenvalue weighted by molar-refractivity contribution is 6.38. The van der Waals surface area contributed by atoms with Gasteiger partial charge in [0, 0.05) is 11.7 Å². The fraction of sp³-hybridized carbons (Fsp3) is 0.111. The maximum Gasteiger partial charge on any atom is 0.448 e. The van der Waals surface area contributed by atoms with Crippen LogP contribution in [0.5, 0.6) is 0 Å². The summed E-state index contributed by atoms with van der Waals surface area (Å²) in [4.78, 5) is 3.12. The molecule has 0 aliphatic carbocycles. The number of fused-ring (bicyclic) bond motifs is 1. The Morgan fingerprint density at radius 1 is 1.15 bits per heavy atom. The molecule has 13 heavy (non-hydrogen) atoms. The Morgan fingerprint density at radius 3 is 2.38 bits per heavy atom. The number of benzene rings is 1. The third kappa shape index (κ3) is 3.31. The van der Waals surface area contributed by atoms with Crippen LogP contribution in [0.3, 0.4) is 0 Å². The summed E-state index contributed by atoms with van der Waals surface area (Å²) in [5, 5.41) is 16.5. The molecule has 0 aliphatic rings. The molecular weight excluding hydrogens is 165 g/mol. The summed E-state index contributed by atoms with van der Waals surface area (Å²) in [5.41, 5.74) is 1.21. The van der Waals surface area contributed by atoms with Crippen molar-refractivity contribution in [2.45, 2.75) is 6.82 Å². The summed E-state index contributed by atoms with van der Waals surface area (Å²) in [5.74, 6) is 0. The van der Waals surface area contributed by atoms with Gasteiger partial charge in [0.2, 0.25) is 0 Å². The molecule has 0 spiro atoms. The second-order valence-electron chi connectivity index (χ2n) is 2.70. The second kappa shape index (κ2) is 4.69. The Labute approximate surface area is 77.2 Å². The van der Waals surface area contributed by atoms with E-state index in [1.807, 2.05) is 18.3 Å². The van der Waals surface area contributed by atoms with Crippen molar-refractivity contribution in [1.29, 1.82) is 0 Å². The lowest BCUT2D eigenvalue weighted by Crippen LogP contribution is -2.00. The smallest absolute Gasteiger partial charge is 0.427 e. The van der Waals surface area contributed by atoms with E-state index in [9.17, 15) is 0 Å². The minimum absolute atomic E-state index is 1.17. The van der Waals surface area contributed by atoms with Crippen molar-refractivity contribution in [1.82, 2.24) is 4.98 Å². The number of para-hydroxylation sites is 1. The molecule has 3 nitrogen and oxygen atoms in total. The summed E-state index contributed by atoms with van der Waals surface area (Å²) < 4.78 is 0. The first kappa shape index (κ1) is 9.83. The average Bonchev–Trinajstić information content (AvgIpc) is 2.49. The number of rotatable bonds is 0. The summed E-state index contributed by atoms with van der Waals surface area (Å²) in [6, 6.07) is 10.3. The van der Waals surface area contributed by atoms with E-state index in [0.29, 0.717) is 0 Å². The molecule has 2 aromatic rings. The molecule has 0 saturated carbocycles. The summed E-state index contributed by atoms with van der Waals surface area (Å²) in [7, 11) is -1.17. The van der Waals surface area contributed by atoms with Crippen molar-refractivity contribution in [3.63, 3.8) is 0 Å². The predicted octanol–water partition coefficient (Wildman–Crippen LogP) is 1.26. The molecule has 0 radical (unpaired) electrons. The molecule has 0 atom stereocenters. The maximum absolute atomic E-state index is 7.61. The quantitative estimate of drug-likeness (QED) is 0.530. The predicted molar refractivity (Wildman–Crippen MR) is 54.4 cm³/mol. The molecule has 0 fully saturated rings. The van der Waals surface area contributed by atoms with Crippen LogP contribution in [0.2, 0.25) is 6.82 Å². The van der Waals surface area contributed by atoms with Gasteiger partial charge in [0.05, 0.1) is 0 Å². The van der Waals surface area contributed by atoms with Crippen molar-refractivity contribution in [2.24, 2.45) is 0 Å². The number of H-pyrrole nitrogens is 1. The third-order valence-electron chi connectivity index (χ3n) is 1.46. The van der Waals surface area contributed by atoms with Crippen molar-refractivity contribution in [3.05, 3.63) is 36.5 Å². The van der Waals surface area contributed by atoms with Gasteiger partial charge in [-0.15, -0.1) is 0 Å². The monoisotopic (exact) mass is 177 g/mol. The van der Waals surface area contributed by atoms with E-state index in [1.165, 1.54) is 17.7 Å². The SMILES string of the molecule is CB(O)O.c1ccc2[nH]ccc2c1. The largest absolute Gasteiger partial charge is 0.448 e. The van der Waals surface area contributed by atoms with Crippen LogP contribution in [-0.4, -0.2) is 22.2 Å². The Bertz CT molecular complexity index is 326. The van der Waals surface area contributed by atoms with Gasteiger partial charge < -0.3 is 15.0 Å². The van der Waals surface area contributed by atoms with Crippen LogP contribution in [0.25, 0.3) is 10.9 Å². The Balaban J connectivity index is 0.000000184. The van der Waals surface area contributed by atoms with Crippen molar-refractivity contribution >= 4 is 18.0 Å². The molecule has 0 bridgehead atoms. The Hall–Kier alpha value is -1.26. The van der Waals surface area contributed by atoms with Crippen LogP contribution in [0.4, 0.5) is 0 Å². The van der Waals surface area contributed by atoms with E-state index in [1.54, 1.807) is 0 Å². The van der Waals surface area contributed by atoms with Crippen molar-refractivity contribution in [3.8, 4) is 0 Å². The van der Waals surface area contributed by atoms with Crippen molar-refractivity contribution in [2.75, 3.05) is 0 Å². The van der Waals surface area contributed by atoms with Gasteiger partial charge in [0.1, 0.15) is 0 Å². The van der Waals surface area contributed by atoms with E-state index in [2.05, 4.69) is 23.2 Å². The first-order chi connectivity index (χ1) is 6.20. The van der Waals surface area contributed by atoms with E-state index < -0.39 is 7.12 Å². The molecular formula is C9H12BNO2. The van der Waals surface area contributed by atoms with Gasteiger partial charge in [0.15, 0.2) is 0 Å². The van der Waals surface area contributed by atoms with Crippen LogP contribution in [-0.2, 0) is 0 Å². The molecule has 1 heterocycles.